The Labute approximate surface area is 180 Å². The molecule has 1 amide bonds. The molecule has 1 saturated heterocycles. The molecule has 168 valence electrons. The first-order valence-electron chi connectivity index (χ1n) is 9.64. The molecule has 1 aromatic carbocycles. The zero-order valence-corrected chi connectivity index (χ0v) is 17.8. The maximum atomic E-state index is 13.5. The minimum Gasteiger partial charge on any atom is -0.300 e. The molecule has 2 aromatic rings. The maximum absolute atomic E-state index is 13.5. The van der Waals surface area contributed by atoms with E-state index in [2.05, 4.69) is 20.5 Å². The largest absolute Gasteiger partial charge is 0.435 e. The number of aromatic nitrogens is 1. The summed E-state index contributed by atoms with van der Waals surface area (Å²) in [7, 11) is 0. The SMILES string of the molecule is CC(C)(NCN1CCCC1)C(=O)Nc1nc(C(F)(F)F)c(C(=O)c2ccc(F)cc2)s1. The summed E-state index contributed by atoms with van der Waals surface area (Å²) in [6.07, 6.45) is -2.73. The van der Waals surface area contributed by atoms with Crippen LogP contribution in [0.15, 0.2) is 24.3 Å². The summed E-state index contributed by atoms with van der Waals surface area (Å²) in [5, 5.41) is 5.14. The highest BCUT2D eigenvalue weighted by Crippen LogP contribution is 2.37. The molecule has 0 unspecified atom stereocenters. The molecule has 0 atom stereocenters. The molecule has 31 heavy (non-hydrogen) atoms. The van der Waals surface area contributed by atoms with Gasteiger partial charge in [-0.3, -0.25) is 19.8 Å². The van der Waals surface area contributed by atoms with Crippen LogP contribution in [0.5, 0.6) is 0 Å². The number of anilines is 1. The molecule has 0 radical (unpaired) electrons. The Bertz CT molecular complexity index is 951. The van der Waals surface area contributed by atoms with Gasteiger partial charge < -0.3 is 5.32 Å². The molecule has 1 fully saturated rings. The smallest absolute Gasteiger partial charge is 0.300 e. The molecule has 3 rings (SSSR count). The van der Waals surface area contributed by atoms with Crippen LogP contribution in [0.25, 0.3) is 0 Å². The van der Waals surface area contributed by atoms with Gasteiger partial charge in [0, 0.05) is 12.2 Å². The molecule has 1 aliphatic heterocycles. The predicted octanol–water partition coefficient (Wildman–Crippen LogP) is 3.89. The van der Waals surface area contributed by atoms with E-state index >= 15 is 0 Å². The van der Waals surface area contributed by atoms with Crippen LogP contribution in [0.1, 0.15) is 47.6 Å². The quantitative estimate of drug-likeness (QED) is 0.487. The van der Waals surface area contributed by atoms with Gasteiger partial charge in [0.05, 0.1) is 5.54 Å². The van der Waals surface area contributed by atoms with Crippen molar-refractivity contribution in [2.45, 2.75) is 38.4 Å². The molecular formula is C20H22F4N4O2S. The van der Waals surface area contributed by atoms with Gasteiger partial charge in [-0.2, -0.15) is 13.2 Å². The zero-order chi connectivity index (χ0) is 22.8. The summed E-state index contributed by atoms with van der Waals surface area (Å²) in [5.74, 6) is -2.14. The first-order chi connectivity index (χ1) is 14.5. The van der Waals surface area contributed by atoms with Crippen molar-refractivity contribution in [3.05, 3.63) is 46.2 Å². The van der Waals surface area contributed by atoms with Crippen molar-refractivity contribution in [1.82, 2.24) is 15.2 Å². The van der Waals surface area contributed by atoms with Crippen molar-refractivity contribution in [3.63, 3.8) is 0 Å². The second-order valence-corrected chi connectivity index (χ2v) is 8.77. The number of carbonyl (C=O) groups excluding carboxylic acids is 2. The lowest BCUT2D eigenvalue weighted by atomic mass is 10.1. The summed E-state index contributed by atoms with van der Waals surface area (Å²) in [6.45, 7) is 5.53. The van der Waals surface area contributed by atoms with E-state index in [9.17, 15) is 27.2 Å². The second kappa shape index (κ2) is 9.01. The van der Waals surface area contributed by atoms with Crippen LogP contribution in [-0.2, 0) is 11.0 Å². The molecule has 0 spiro atoms. The topological polar surface area (TPSA) is 74.3 Å². The van der Waals surface area contributed by atoms with Crippen molar-refractivity contribution in [2.24, 2.45) is 0 Å². The fourth-order valence-electron chi connectivity index (χ4n) is 3.04. The summed E-state index contributed by atoms with van der Waals surface area (Å²) in [6, 6.07) is 4.17. The molecule has 6 nitrogen and oxygen atoms in total. The average molecular weight is 458 g/mol. The second-order valence-electron chi connectivity index (χ2n) is 7.77. The van der Waals surface area contributed by atoms with Gasteiger partial charge in [-0.1, -0.05) is 11.3 Å². The van der Waals surface area contributed by atoms with Crippen molar-refractivity contribution < 1.29 is 27.2 Å². The first kappa shape index (κ1) is 23.3. The molecule has 0 aliphatic carbocycles. The Morgan fingerprint density at radius 3 is 2.32 bits per heavy atom. The number of benzene rings is 1. The summed E-state index contributed by atoms with van der Waals surface area (Å²) in [5.41, 5.74) is -2.57. The van der Waals surface area contributed by atoms with E-state index in [4.69, 9.17) is 0 Å². The number of hydrogen-bond acceptors (Lipinski definition) is 6. The van der Waals surface area contributed by atoms with Gasteiger partial charge in [0.2, 0.25) is 11.7 Å². The normalized spacial score (nSPS) is 15.3. The van der Waals surface area contributed by atoms with Crippen molar-refractivity contribution in [3.8, 4) is 0 Å². The Hall–Kier alpha value is -2.37. The fourth-order valence-corrected chi connectivity index (χ4v) is 3.98. The van der Waals surface area contributed by atoms with Crippen LogP contribution >= 0.6 is 11.3 Å². The molecule has 0 saturated carbocycles. The Morgan fingerprint density at radius 2 is 1.74 bits per heavy atom. The third-order valence-corrected chi connectivity index (χ3v) is 5.91. The number of halogens is 4. The number of hydrogen-bond donors (Lipinski definition) is 2. The zero-order valence-electron chi connectivity index (χ0n) is 17.0. The standard InChI is InChI=1S/C20H22F4N4O2S/c1-19(2,25-11-28-9-3-4-10-28)17(30)27-18-26-16(20(22,23)24)15(31-18)14(29)12-5-7-13(21)8-6-12/h5-8,25H,3-4,9-11H2,1-2H3,(H,26,27,30). The van der Waals surface area contributed by atoms with Crippen LogP contribution in [0.3, 0.4) is 0 Å². The summed E-state index contributed by atoms with van der Waals surface area (Å²) >= 11 is 0.437. The minimum absolute atomic E-state index is 0.110. The molecule has 2 heterocycles. The molecule has 0 bridgehead atoms. The van der Waals surface area contributed by atoms with E-state index in [0.717, 1.165) is 50.2 Å². The Morgan fingerprint density at radius 1 is 1.13 bits per heavy atom. The van der Waals surface area contributed by atoms with Crippen molar-refractivity contribution >= 4 is 28.2 Å². The van der Waals surface area contributed by atoms with Crippen LogP contribution in [0.2, 0.25) is 0 Å². The van der Waals surface area contributed by atoms with Gasteiger partial charge in [0.25, 0.3) is 0 Å². The van der Waals surface area contributed by atoms with Gasteiger partial charge in [0.15, 0.2) is 10.8 Å². The number of amides is 1. The number of rotatable bonds is 7. The predicted molar refractivity (Wildman–Crippen MR) is 108 cm³/mol. The van der Waals surface area contributed by atoms with E-state index in [0.29, 0.717) is 18.0 Å². The molecular weight excluding hydrogens is 436 g/mol. The number of nitrogens with one attached hydrogen (secondary N) is 2. The van der Waals surface area contributed by atoms with Crippen molar-refractivity contribution in [1.29, 1.82) is 0 Å². The van der Waals surface area contributed by atoms with Gasteiger partial charge in [-0.15, -0.1) is 0 Å². The van der Waals surface area contributed by atoms with Gasteiger partial charge >= 0.3 is 6.18 Å². The number of thiazole rings is 1. The van der Waals surface area contributed by atoms with Crippen LogP contribution in [0, 0.1) is 5.82 Å². The number of ketones is 1. The van der Waals surface area contributed by atoms with Gasteiger partial charge in [-0.05, 0) is 64.0 Å². The summed E-state index contributed by atoms with van der Waals surface area (Å²) < 4.78 is 53.5. The average Bonchev–Trinajstić information content (AvgIpc) is 3.36. The Kier molecular flexibility index (Phi) is 6.77. The van der Waals surface area contributed by atoms with Gasteiger partial charge in [0.1, 0.15) is 10.7 Å². The van der Waals surface area contributed by atoms with E-state index in [1.54, 1.807) is 13.8 Å². The number of likely N-dealkylation sites (tertiary alicyclic amines) is 1. The number of nitrogens with zero attached hydrogens (tertiary/aromatic N) is 2. The first-order valence-corrected chi connectivity index (χ1v) is 10.5. The molecule has 11 heteroatoms. The van der Waals surface area contributed by atoms with E-state index in [-0.39, 0.29) is 10.7 Å². The molecule has 1 aromatic heterocycles. The lowest BCUT2D eigenvalue weighted by Crippen LogP contribution is -2.53. The van der Waals surface area contributed by atoms with E-state index in [1.165, 1.54) is 0 Å². The molecule has 1 aliphatic rings. The third-order valence-electron chi connectivity index (χ3n) is 4.94. The summed E-state index contributed by atoms with van der Waals surface area (Å²) in [4.78, 5) is 30.2. The fraction of sp³-hybridized carbons (Fsp3) is 0.450. The van der Waals surface area contributed by atoms with Crippen molar-refractivity contribution in [2.75, 3.05) is 25.1 Å². The van der Waals surface area contributed by atoms with Crippen LogP contribution in [-0.4, -0.2) is 46.9 Å². The number of carbonyl (C=O) groups is 2. The van der Waals surface area contributed by atoms with Crippen LogP contribution < -0.4 is 10.6 Å². The minimum atomic E-state index is -4.89. The highest BCUT2D eigenvalue weighted by atomic mass is 32.1. The number of alkyl halides is 3. The van der Waals surface area contributed by atoms with E-state index < -0.39 is 39.8 Å². The van der Waals surface area contributed by atoms with Gasteiger partial charge in [-0.25, -0.2) is 9.37 Å². The maximum Gasteiger partial charge on any atom is 0.435 e. The lowest BCUT2D eigenvalue weighted by molar-refractivity contribution is -0.141. The third kappa shape index (κ3) is 5.66. The monoisotopic (exact) mass is 458 g/mol. The Balaban J connectivity index is 1.79. The molecule has 2 N–H and O–H groups in total. The van der Waals surface area contributed by atoms with Crippen LogP contribution in [0.4, 0.5) is 22.7 Å². The highest BCUT2D eigenvalue weighted by molar-refractivity contribution is 7.18. The van der Waals surface area contributed by atoms with E-state index in [1.807, 2.05) is 0 Å². The lowest BCUT2D eigenvalue weighted by Gasteiger charge is -2.27. The highest BCUT2D eigenvalue weighted by Gasteiger charge is 2.40.